The summed E-state index contributed by atoms with van der Waals surface area (Å²) in [5.74, 6) is 0. The quantitative estimate of drug-likeness (QED) is 0.913. The normalized spacial score (nSPS) is 18.3. The highest BCUT2D eigenvalue weighted by Crippen LogP contribution is 2.22. The molecule has 1 fully saturated rings. The Labute approximate surface area is 113 Å². The van der Waals surface area contributed by atoms with Gasteiger partial charge in [0, 0.05) is 30.3 Å². The molecule has 3 nitrogen and oxygen atoms in total. The van der Waals surface area contributed by atoms with E-state index in [1.54, 1.807) is 12.1 Å². The molecule has 96 valence electrons. The van der Waals surface area contributed by atoms with Crippen molar-refractivity contribution in [2.24, 2.45) is 0 Å². The molecular formula is C14H17ClN2O. The summed E-state index contributed by atoms with van der Waals surface area (Å²) in [5.41, 5.74) is 1.75. The Bertz CT molecular complexity index is 461. The zero-order chi connectivity index (χ0) is 13.0. The van der Waals surface area contributed by atoms with Crippen molar-refractivity contribution in [3.63, 3.8) is 0 Å². The fraction of sp³-hybridized carbons (Fsp3) is 0.500. The summed E-state index contributed by atoms with van der Waals surface area (Å²) in [6.45, 7) is 4.56. The Morgan fingerprint density at radius 1 is 1.44 bits per heavy atom. The first-order chi connectivity index (χ1) is 8.63. The SMILES string of the molecule is CC1(NCc2ccc(C#N)cc2Cl)CCOCC1. The van der Waals surface area contributed by atoms with Crippen LogP contribution in [0.5, 0.6) is 0 Å². The van der Waals surface area contributed by atoms with Gasteiger partial charge in [-0.1, -0.05) is 17.7 Å². The molecule has 0 unspecified atom stereocenters. The highest BCUT2D eigenvalue weighted by Gasteiger charge is 2.26. The van der Waals surface area contributed by atoms with Crippen molar-refractivity contribution in [3.8, 4) is 6.07 Å². The monoisotopic (exact) mass is 264 g/mol. The maximum atomic E-state index is 8.79. The van der Waals surface area contributed by atoms with Gasteiger partial charge in [-0.25, -0.2) is 0 Å². The molecule has 1 aromatic rings. The molecule has 0 bridgehead atoms. The van der Waals surface area contributed by atoms with Gasteiger partial charge in [0.2, 0.25) is 0 Å². The molecule has 1 N–H and O–H groups in total. The zero-order valence-corrected chi connectivity index (χ0v) is 11.3. The van der Waals surface area contributed by atoms with Gasteiger partial charge in [-0.2, -0.15) is 5.26 Å². The van der Waals surface area contributed by atoms with Crippen LogP contribution in [0.4, 0.5) is 0 Å². The third kappa shape index (κ3) is 3.23. The molecule has 0 atom stereocenters. The summed E-state index contributed by atoms with van der Waals surface area (Å²) < 4.78 is 5.37. The van der Waals surface area contributed by atoms with E-state index in [-0.39, 0.29) is 5.54 Å². The summed E-state index contributed by atoms with van der Waals surface area (Å²) >= 11 is 6.16. The number of halogens is 1. The standard InChI is InChI=1S/C14H17ClN2O/c1-14(4-6-18-7-5-14)17-10-12-3-2-11(9-16)8-13(12)15/h2-3,8,17H,4-7,10H2,1H3. The molecule has 0 aromatic heterocycles. The van der Waals surface area contributed by atoms with Crippen LogP contribution in [0.2, 0.25) is 5.02 Å². The maximum absolute atomic E-state index is 8.79. The molecule has 4 heteroatoms. The molecule has 2 rings (SSSR count). The summed E-state index contributed by atoms with van der Waals surface area (Å²) in [6, 6.07) is 7.51. The third-order valence-electron chi connectivity index (χ3n) is 3.48. The lowest BCUT2D eigenvalue weighted by molar-refractivity contribution is 0.0446. The van der Waals surface area contributed by atoms with Crippen molar-refractivity contribution >= 4 is 11.6 Å². The minimum absolute atomic E-state index is 0.121. The minimum Gasteiger partial charge on any atom is -0.381 e. The molecule has 1 aliphatic rings. The van der Waals surface area contributed by atoms with Crippen molar-refractivity contribution in [3.05, 3.63) is 34.3 Å². The fourth-order valence-electron chi connectivity index (χ4n) is 2.07. The predicted octanol–water partition coefficient (Wildman–Crippen LogP) is 2.87. The van der Waals surface area contributed by atoms with Crippen LogP contribution in [-0.4, -0.2) is 18.8 Å². The van der Waals surface area contributed by atoms with E-state index >= 15 is 0 Å². The van der Waals surface area contributed by atoms with Gasteiger partial charge < -0.3 is 10.1 Å². The van der Waals surface area contributed by atoms with Crippen LogP contribution in [0.25, 0.3) is 0 Å². The molecule has 1 saturated heterocycles. The van der Waals surface area contributed by atoms with E-state index in [0.29, 0.717) is 10.6 Å². The Morgan fingerprint density at radius 3 is 2.78 bits per heavy atom. The van der Waals surface area contributed by atoms with Crippen molar-refractivity contribution in [2.45, 2.75) is 31.8 Å². The van der Waals surface area contributed by atoms with Gasteiger partial charge in [0.25, 0.3) is 0 Å². The molecular weight excluding hydrogens is 248 g/mol. The molecule has 0 spiro atoms. The average molecular weight is 265 g/mol. The number of rotatable bonds is 3. The topological polar surface area (TPSA) is 45.0 Å². The number of nitrogens with zero attached hydrogens (tertiary/aromatic N) is 1. The zero-order valence-electron chi connectivity index (χ0n) is 10.5. The molecule has 1 heterocycles. The smallest absolute Gasteiger partial charge is 0.0992 e. The van der Waals surface area contributed by atoms with Gasteiger partial charge in [0.1, 0.15) is 0 Å². The van der Waals surface area contributed by atoms with Crippen LogP contribution in [0.15, 0.2) is 18.2 Å². The largest absolute Gasteiger partial charge is 0.381 e. The van der Waals surface area contributed by atoms with Gasteiger partial charge in [0.05, 0.1) is 11.6 Å². The summed E-state index contributed by atoms with van der Waals surface area (Å²) in [6.07, 6.45) is 2.03. The van der Waals surface area contributed by atoms with E-state index in [1.165, 1.54) is 0 Å². The predicted molar refractivity (Wildman–Crippen MR) is 71.5 cm³/mol. The Morgan fingerprint density at radius 2 is 2.17 bits per heavy atom. The highest BCUT2D eigenvalue weighted by atomic mass is 35.5. The fourth-order valence-corrected chi connectivity index (χ4v) is 2.31. The number of hydrogen-bond acceptors (Lipinski definition) is 3. The van der Waals surface area contributed by atoms with Crippen molar-refractivity contribution in [1.82, 2.24) is 5.32 Å². The first-order valence-corrected chi connectivity index (χ1v) is 6.52. The Hall–Kier alpha value is -1.08. The van der Waals surface area contributed by atoms with Crippen molar-refractivity contribution < 1.29 is 4.74 Å². The third-order valence-corrected chi connectivity index (χ3v) is 3.84. The molecule has 0 amide bonds. The molecule has 1 aliphatic heterocycles. The number of nitrogens with one attached hydrogen (secondary N) is 1. The van der Waals surface area contributed by atoms with Gasteiger partial charge in [-0.15, -0.1) is 0 Å². The van der Waals surface area contributed by atoms with Crippen LogP contribution in [0.1, 0.15) is 30.9 Å². The molecule has 0 aliphatic carbocycles. The van der Waals surface area contributed by atoms with Crippen LogP contribution in [0.3, 0.4) is 0 Å². The lowest BCUT2D eigenvalue weighted by atomic mass is 9.92. The van der Waals surface area contributed by atoms with Gasteiger partial charge in [-0.05, 0) is 37.5 Å². The summed E-state index contributed by atoms with van der Waals surface area (Å²) in [5, 5.41) is 13.0. The summed E-state index contributed by atoms with van der Waals surface area (Å²) in [4.78, 5) is 0. The maximum Gasteiger partial charge on any atom is 0.0992 e. The average Bonchev–Trinajstić information content (AvgIpc) is 2.38. The molecule has 0 saturated carbocycles. The molecule has 0 radical (unpaired) electrons. The number of nitriles is 1. The number of ether oxygens (including phenoxy) is 1. The van der Waals surface area contributed by atoms with Crippen LogP contribution in [-0.2, 0) is 11.3 Å². The number of hydrogen-bond donors (Lipinski definition) is 1. The van der Waals surface area contributed by atoms with Gasteiger partial charge >= 0.3 is 0 Å². The van der Waals surface area contributed by atoms with E-state index in [0.717, 1.165) is 38.2 Å². The van der Waals surface area contributed by atoms with Gasteiger partial charge in [-0.3, -0.25) is 0 Å². The first kappa shape index (κ1) is 13.4. The minimum atomic E-state index is 0.121. The van der Waals surface area contributed by atoms with E-state index in [4.69, 9.17) is 21.6 Å². The lowest BCUT2D eigenvalue weighted by Crippen LogP contribution is -2.46. The summed E-state index contributed by atoms with van der Waals surface area (Å²) in [7, 11) is 0. The second kappa shape index (κ2) is 5.71. The van der Waals surface area contributed by atoms with Gasteiger partial charge in [0.15, 0.2) is 0 Å². The van der Waals surface area contributed by atoms with Crippen molar-refractivity contribution in [1.29, 1.82) is 5.26 Å². The van der Waals surface area contributed by atoms with E-state index < -0.39 is 0 Å². The first-order valence-electron chi connectivity index (χ1n) is 6.14. The highest BCUT2D eigenvalue weighted by molar-refractivity contribution is 6.31. The van der Waals surface area contributed by atoms with Crippen LogP contribution in [0, 0.1) is 11.3 Å². The second-order valence-electron chi connectivity index (χ2n) is 4.94. The second-order valence-corrected chi connectivity index (χ2v) is 5.35. The van der Waals surface area contributed by atoms with E-state index in [9.17, 15) is 0 Å². The number of benzene rings is 1. The van der Waals surface area contributed by atoms with Crippen molar-refractivity contribution in [2.75, 3.05) is 13.2 Å². The van der Waals surface area contributed by atoms with E-state index in [2.05, 4.69) is 18.3 Å². The van der Waals surface area contributed by atoms with E-state index in [1.807, 2.05) is 6.07 Å². The van der Waals surface area contributed by atoms with Crippen LogP contribution < -0.4 is 5.32 Å². The Kier molecular flexibility index (Phi) is 4.23. The molecule has 1 aromatic carbocycles. The lowest BCUT2D eigenvalue weighted by Gasteiger charge is -2.34. The molecule has 18 heavy (non-hydrogen) atoms. The van der Waals surface area contributed by atoms with Crippen LogP contribution >= 0.6 is 11.6 Å². The Balaban J connectivity index is 2.00.